The van der Waals surface area contributed by atoms with Crippen LogP contribution < -0.4 is 11.1 Å². The minimum Gasteiger partial charge on any atom is -0.459 e. The van der Waals surface area contributed by atoms with Crippen LogP contribution in [0.15, 0.2) is 47.1 Å². The van der Waals surface area contributed by atoms with Gasteiger partial charge in [-0.2, -0.15) is 0 Å². The second-order valence-corrected chi connectivity index (χ2v) is 5.48. The summed E-state index contributed by atoms with van der Waals surface area (Å²) in [6.45, 7) is 1.14. The second kappa shape index (κ2) is 7.99. The van der Waals surface area contributed by atoms with E-state index in [1.54, 1.807) is 17.0 Å². The highest BCUT2D eigenvalue weighted by Crippen LogP contribution is 2.25. The molecule has 1 aliphatic rings. The Hall–Kier alpha value is -2.31. The summed E-state index contributed by atoms with van der Waals surface area (Å²) in [5.74, 6) is -0.233. The summed E-state index contributed by atoms with van der Waals surface area (Å²) in [5, 5.41) is 2.77. The zero-order valence-corrected chi connectivity index (χ0v) is 13.9. The minimum absolute atomic E-state index is 0. The van der Waals surface area contributed by atoms with Crippen LogP contribution in [0.25, 0.3) is 0 Å². The van der Waals surface area contributed by atoms with E-state index in [9.17, 15) is 9.59 Å². The first-order valence-electron chi connectivity index (χ1n) is 7.59. The maximum Gasteiger partial charge on any atom is 0.290 e. The molecule has 1 aliphatic heterocycles. The number of fused-ring (bicyclic) bond motifs is 1. The highest BCUT2D eigenvalue weighted by molar-refractivity contribution is 5.96. The Balaban J connectivity index is 0.00000208. The summed E-state index contributed by atoms with van der Waals surface area (Å²) in [6.07, 6.45) is 1.94. The molecule has 1 aromatic heterocycles. The number of furan rings is 1. The number of halogens is 1. The van der Waals surface area contributed by atoms with Gasteiger partial charge in [0.1, 0.15) is 6.04 Å². The fourth-order valence-corrected chi connectivity index (χ4v) is 2.83. The van der Waals surface area contributed by atoms with Crippen molar-refractivity contribution in [3.8, 4) is 0 Å². The van der Waals surface area contributed by atoms with Crippen LogP contribution in [0.2, 0.25) is 0 Å². The van der Waals surface area contributed by atoms with E-state index in [4.69, 9.17) is 10.2 Å². The fourth-order valence-electron chi connectivity index (χ4n) is 2.83. The molecule has 0 aliphatic carbocycles. The molecule has 0 saturated heterocycles. The SMILES string of the molecule is Cl.NCCNC(=O)C1Cc2ccccc2CN1C(=O)c1ccco1. The predicted octanol–water partition coefficient (Wildman–Crippen LogP) is 1.34. The van der Waals surface area contributed by atoms with Crippen LogP contribution in [0, 0.1) is 0 Å². The van der Waals surface area contributed by atoms with Crippen LogP contribution in [0.1, 0.15) is 21.7 Å². The number of benzene rings is 1. The summed E-state index contributed by atoms with van der Waals surface area (Å²) < 4.78 is 5.20. The molecule has 0 radical (unpaired) electrons. The molecule has 7 heteroatoms. The van der Waals surface area contributed by atoms with Crippen molar-refractivity contribution in [2.24, 2.45) is 5.73 Å². The van der Waals surface area contributed by atoms with Crippen LogP contribution >= 0.6 is 12.4 Å². The van der Waals surface area contributed by atoms with E-state index in [0.29, 0.717) is 26.1 Å². The lowest BCUT2D eigenvalue weighted by Crippen LogP contribution is -2.53. The lowest BCUT2D eigenvalue weighted by Gasteiger charge is -2.35. The van der Waals surface area contributed by atoms with Crippen molar-refractivity contribution in [1.29, 1.82) is 0 Å². The van der Waals surface area contributed by atoms with Gasteiger partial charge in [0, 0.05) is 26.1 Å². The van der Waals surface area contributed by atoms with Crippen molar-refractivity contribution in [1.82, 2.24) is 10.2 Å². The summed E-state index contributed by atoms with van der Waals surface area (Å²) in [7, 11) is 0. The van der Waals surface area contributed by atoms with E-state index < -0.39 is 6.04 Å². The monoisotopic (exact) mass is 349 g/mol. The molecule has 0 spiro atoms. The molecule has 128 valence electrons. The number of carbonyl (C=O) groups excluding carboxylic acids is 2. The molecular formula is C17H20ClN3O3. The van der Waals surface area contributed by atoms with Crippen LogP contribution in [0.5, 0.6) is 0 Å². The van der Waals surface area contributed by atoms with Gasteiger partial charge in [-0.15, -0.1) is 12.4 Å². The molecule has 3 rings (SSSR count). The van der Waals surface area contributed by atoms with Crippen molar-refractivity contribution in [3.05, 3.63) is 59.5 Å². The lowest BCUT2D eigenvalue weighted by atomic mass is 9.93. The van der Waals surface area contributed by atoms with E-state index in [-0.39, 0.29) is 30.0 Å². The molecule has 24 heavy (non-hydrogen) atoms. The van der Waals surface area contributed by atoms with Crippen molar-refractivity contribution in [3.63, 3.8) is 0 Å². The molecular weight excluding hydrogens is 330 g/mol. The Morgan fingerprint density at radius 3 is 2.62 bits per heavy atom. The van der Waals surface area contributed by atoms with E-state index >= 15 is 0 Å². The van der Waals surface area contributed by atoms with Gasteiger partial charge in [0.25, 0.3) is 5.91 Å². The van der Waals surface area contributed by atoms with Crippen molar-refractivity contribution < 1.29 is 14.0 Å². The van der Waals surface area contributed by atoms with Gasteiger partial charge in [-0.1, -0.05) is 24.3 Å². The first-order chi connectivity index (χ1) is 11.2. The molecule has 0 bridgehead atoms. The Morgan fingerprint density at radius 2 is 1.96 bits per heavy atom. The number of hydrogen-bond donors (Lipinski definition) is 2. The van der Waals surface area contributed by atoms with Gasteiger partial charge in [-0.3, -0.25) is 9.59 Å². The summed E-state index contributed by atoms with van der Waals surface area (Å²) in [6, 6.07) is 10.6. The molecule has 6 nitrogen and oxygen atoms in total. The molecule has 1 aromatic carbocycles. The number of rotatable bonds is 4. The van der Waals surface area contributed by atoms with E-state index in [0.717, 1.165) is 11.1 Å². The molecule has 1 unspecified atom stereocenters. The molecule has 2 heterocycles. The third-order valence-electron chi connectivity index (χ3n) is 3.99. The highest BCUT2D eigenvalue weighted by atomic mass is 35.5. The number of carbonyl (C=O) groups is 2. The quantitative estimate of drug-likeness (QED) is 0.871. The van der Waals surface area contributed by atoms with Crippen LogP contribution in [0.3, 0.4) is 0 Å². The molecule has 3 N–H and O–H groups in total. The van der Waals surface area contributed by atoms with E-state index in [1.807, 2.05) is 24.3 Å². The first-order valence-corrected chi connectivity index (χ1v) is 7.59. The maximum atomic E-state index is 12.7. The molecule has 0 fully saturated rings. The molecule has 0 saturated carbocycles. The summed E-state index contributed by atoms with van der Waals surface area (Å²) in [5.41, 5.74) is 7.58. The number of nitrogens with one attached hydrogen (secondary N) is 1. The van der Waals surface area contributed by atoms with Crippen molar-refractivity contribution in [2.75, 3.05) is 13.1 Å². The van der Waals surface area contributed by atoms with Gasteiger partial charge in [-0.25, -0.2) is 0 Å². The Bertz CT molecular complexity index is 703. The average Bonchev–Trinajstić information content (AvgIpc) is 3.12. The minimum atomic E-state index is -0.561. The maximum absolute atomic E-state index is 12.7. The lowest BCUT2D eigenvalue weighted by molar-refractivity contribution is -0.126. The normalized spacial score (nSPS) is 16.0. The Labute approximate surface area is 146 Å². The second-order valence-electron chi connectivity index (χ2n) is 5.48. The average molecular weight is 350 g/mol. The third-order valence-corrected chi connectivity index (χ3v) is 3.99. The topological polar surface area (TPSA) is 88.6 Å². The molecule has 2 amide bonds. The number of nitrogens with two attached hydrogens (primary N) is 1. The Kier molecular flexibility index (Phi) is 6.00. The van der Waals surface area contributed by atoms with Gasteiger partial charge in [0.05, 0.1) is 6.26 Å². The molecule has 1 atom stereocenters. The van der Waals surface area contributed by atoms with E-state index in [2.05, 4.69) is 5.32 Å². The van der Waals surface area contributed by atoms with Gasteiger partial charge in [0.2, 0.25) is 5.91 Å². The van der Waals surface area contributed by atoms with Gasteiger partial charge >= 0.3 is 0 Å². The smallest absolute Gasteiger partial charge is 0.290 e. The van der Waals surface area contributed by atoms with Crippen LogP contribution in [-0.2, 0) is 17.8 Å². The summed E-state index contributed by atoms with van der Waals surface area (Å²) in [4.78, 5) is 26.7. The van der Waals surface area contributed by atoms with Crippen LogP contribution in [0.4, 0.5) is 0 Å². The highest BCUT2D eigenvalue weighted by Gasteiger charge is 2.35. The number of amides is 2. The zero-order chi connectivity index (χ0) is 16.2. The van der Waals surface area contributed by atoms with Gasteiger partial charge in [-0.05, 0) is 23.3 Å². The first kappa shape index (κ1) is 18.0. The summed E-state index contributed by atoms with van der Waals surface area (Å²) >= 11 is 0. The van der Waals surface area contributed by atoms with Gasteiger partial charge in [0.15, 0.2) is 5.76 Å². The van der Waals surface area contributed by atoms with Crippen LogP contribution in [-0.4, -0.2) is 35.8 Å². The predicted molar refractivity (Wildman–Crippen MR) is 91.8 cm³/mol. The third kappa shape index (κ3) is 3.60. The van der Waals surface area contributed by atoms with Crippen molar-refractivity contribution >= 4 is 24.2 Å². The molecule has 2 aromatic rings. The number of hydrogen-bond acceptors (Lipinski definition) is 4. The fraction of sp³-hybridized carbons (Fsp3) is 0.294. The van der Waals surface area contributed by atoms with Gasteiger partial charge < -0.3 is 20.4 Å². The zero-order valence-electron chi connectivity index (χ0n) is 13.1. The van der Waals surface area contributed by atoms with Crippen molar-refractivity contribution in [2.45, 2.75) is 19.0 Å². The standard InChI is InChI=1S/C17H19N3O3.ClH/c18-7-8-19-16(21)14-10-12-4-1-2-5-13(12)11-20(14)17(22)15-6-3-9-23-15;/h1-6,9,14H,7-8,10-11,18H2,(H,19,21);1H. The van der Waals surface area contributed by atoms with E-state index in [1.165, 1.54) is 6.26 Å². The largest absolute Gasteiger partial charge is 0.459 e. The number of nitrogens with zero attached hydrogens (tertiary/aromatic N) is 1. The Morgan fingerprint density at radius 1 is 1.21 bits per heavy atom.